The molecule has 12 heavy (non-hydrogen) atoms. The highest BCUT2D eigenvalue weighted by molar-refractivity contribution is 5.50. The van der Waals surface area contributed by atoms with Crippen molar-refractivity contribution in [2.45, 2.75) is 13.3 Å². The summed E-state index contributed by atoms with van der Waals surface area (Å²) in [6, 6.07) is 5.34. The highest BCUT2D eigenvalue weighted by atomic mass is 19.1. The Morgan fingerprint density at radius 1 is 1.33 bits per heavy atom. The maximum atomic E-state index is 12.7. The number of aromatic nitrogens is 1. The van der Waals surface area contributed by atoms with Gasteiger partial charge in [-0.3, -0.25) is 0 Å². The molecule has 0 aromatic carbocycles. The molecule has 1 nitrogen and oxygen atoms in total. The van der Waals surface area contributed by atoms with Gasteiger partial charge in [0, 0.05) is 17.9 Å². The molecule has 0 atom stereocenters. The van der Waals surface area contributed by atoms with Crippen LogP contribution in [0.1, 0.15) is 12.5 Å². The first kappa shape index (κ1) is 7.35. The summed E-state index contributed by atoms with van der Waals surface area (Å²) >= 11 is 0. The molecule has 0 radical (unpaired) electrons. The van der Waals surface area contributed by atoms with Gasteiger partial charge in [-0.25, -0.2) is 4.39 Å². The van der Waals surface area contributed by atoms with Crippen LogP contribution in [0.3, 0.4) is 0 Å². The molecule has 2 heteroatoms. The van der Waals surface area contributed by atoms with Crippen molar-refractivity contribution < 1.29 is 4.39 Å². The predicted molar refractivity (Wildman–Crippen MR) is 46.7 cm³/mol. The van der Waals surface area contributed by atoms with E-state index in [4.69, 9.17) is 0 Å². The van der Waals surface area contributed by atoms with Crippen LogP contribution in [-0.4, -0.2) is 4.40 Å². The third kappa shape index (κ3) is 1.09. The van der Waals surface area contributed by atoms with Gasteiger partial charge in [-0.2, -0.15) is 0 Å². The highest BCUT2D eigenvalue weighted by Crippen LogP contribution is 2.11. The minimum Gasteiger partial charge on any atom is -0.321 e. The maximum absolute atomic E-state index is 12.7. The quantitative estimate of drug-likeness (QED) is 0.608. The normalized spacial score (nSPS) is 10.8. The lowest BCUT2D eigenvalue weighted by Gasteiger charge is -1.92. The molecule has 0 bridgehead atoms. The molecule has 0 saturated carbocycles. The van der Waals surface area contributed by atoms with Crippen molar-refractivity contribution in [3.05, 3.63) is 42.0 Å². The van der Waals surface area contributed by atoms with E-state index in [2.05, 4.69) is 13.0 Å². The second-order valence-corrected chi connectivity index (χ2v) is 2.88. The molecule has 62 valence electrons. The zero-order valence-electron chi connectivity index (χ0n) is 6.92. The Hall–Kier alpha value is -1.31. The summed E-state index contributed by atoms with van der Waals surface area (Å²) in [5, 5.41) is 0. The number of hydrogen-bond acceptors (Lipinski definition) is 0. The topological polar surface area (TPSA) is 4.41 Å². The van der Waals surface area contributed by atoms with Crippen molar-refractivity contribution in [2.75, 3.05) is 0 Å². The van der Waals surface area contributed by atoms with Crippen LogP contribution in [0.25, 0.3) is 5.52 Å². The summed E-state index contributed by atoms with van der Waals surface area (Å²) in [5.41, 5.74) is 2.29. The van der Waals surface area contributed by atoms with Gasteiger partial charge in [0.05, 0.1) is 0 Å². The van der Waals surface area contributed by atoms with Crippen molar-refractivity contribution in [1.29, 1.82) is 0 Å². The number of halogens is 1. The summed E-state index contributed by atoms with van der Waals surface area (Å²) in [5.74, 6) is -0.194. The molecule has 0 fully saturated rings. The minimum atomic E-state index is -0.194. The van der Waals surface area contributed by atoms with Gasteiger partial charge in [0.25, 0.3) is 0 Å². The number of rotatable bonds is 1. The molecule has 0 aliphatic heterocycles. The van der Waals surface area contributed by atoms with Gasteiger partial charge in [-0.15, -0.1) is 0 Å². The Bertz CT molecular complexity index is 403. The Balaban J connectivity index is 2.67. The van der Waals surface area contributed by atoms with E-state index in [1.54, 1.807) is 6.07 Å². The van der Waals surface area contributed by atoms with Gasteiger partial charge in [-0.05, 0) is 30.2 Å². The average molecular weight is 163 g/mol. The third-order valence-electron chi connectivity index (χ3n) is 2.02. The van der Waals surface area contributed by atoms with E-state index in [1.807, 2.05) is 10.6 Å². The average Bonchev–Trinajstić information content (AvgIpc) is 2.46. The Morgan fingerprint density at radius 3 is 2.92 bits per heavy atom. The van der Waals surface area contributed by atoms with Crippen molar-refractivity contribution in [3.8, 4) is 0 Å². The van der Waals surface area contributed by atoms with E-state index in [9.17, 15) is 4.39 Å². The number of nitrogens with zero attached hydrogens (tertiary/aromatic N) is 1. The van der Waals surface area contributed by atoms with E-state index >= 15 is 0 Å². The maximum Gasteiger partial charge on any atom is 0.139 e. The fraction of sp³-hybridized carbons (Fsp3) is 0.200. The molecular weight excluding hydrogens is 153 g/mol. The van der Waals surface area contributed by atoms with Gasteiger partial charge in [0.2, 0.25) is 0 Å². The standard InChI is InChI=1S/C10H10FN/c1-2-8-5-10-4-3-9(11)7-12(10)6-8/h3-7H,2H2,1H3. The second-order valence-electron chi connectivity index (χ2n) is 2.88. The van der Waals surface area contributed by atoms with Crippen LogP contribution in [0.5, 0.6) is 0 Å². The summed E-state index contributed by atoms with van der Waals surface area (Å²) in [6.45, 7) is 2.09. The van der Waals surface area contributed by atoms with E-state index in [1.165, 1.54) is 17.8 Å². The first-order valence-electron chi connectivity index (χ1n) is 4.06. The van der Waals surface area contributed by atoms with E-state index in [0.29, 0.717) is 0 Å². The molecule has 2 aromatic rings. The third-order valence-corrected chi connectivity index (χ3v) is 2.02. The van der Waals surface area contributed by atoms with Crippen LogP contribution in [0, 0.1) is 5.82 Å². The smallest absolute Gasteiger partial charge is 0.139 e. The number of aryl methyl sites for hydroxylation is 1. The molecule has 0 N–H and O–H groups in total. The van der Waals surface area contributed by atoms with Crippen LogP contribution in [0.4, 0.5) is 4.39 Å². The second kappa shape index (κ2) is 2.63. The summed E-state index contributed by atoms with van der Waals surface area (Å²) in [7, 11) is 0. The van der Waals surface area contributed by atoms with Crippen LogP contribution >= 0.6 is 0 Å². The summed E-state index contributed by atoms with van der Waals surface area (Å²) in [4.78, 5) is 0. The van der Waals surface area contributed by atoms with Crippen LogP contribution < -0.4 is 0 Å². The first-order chi connectivity index (χ1) is 5.79. The Labute approximate surface area is 70.4 Å². The van der Waals surface area contributed by atoms with Crippen molar-refractivity contribution >= 4 is 5.52 Å². The predicted octanol–water partition coefficient (Wildman–Crippen LogP) is 2.64. The van der Waals surface area contributed by atoms with E-state index < -0.39 is 0 Å². The van der Waals surface area contributed by atoms with E-state index in [-0.39, 0.29) is 5.82 Å². The lowest BCUT2D eigenvalue weighted by molar-refractivity contribution is 0.619. The molecular formula is C10H10FN. The minimum absolute atomic E-state index is 0.194. The molecule has 0 spiro atoms. The largest absolute Gasteiger partial charge is 0.321 e. The fourth-order valence-corrected chi connectivity index (χ4v) is 1.34. The van der Waals surface area contributed by atoms with Crippen LogP contribution in [0.15, 0.2) is 30.6 Å². The Kier molecular flexibility index (Phi) is 1.61. The summed E-state index contributed by atoms with van der Waals surface area (Å²) in [6.07, 6.45) is 4.44. The molecule has 2 aromatic heterocycles. The number of hydrogen-bond donors (Lipinski definition) is 0. The van der Waals surface area contributed by atoms with Crippen molar-refractivity contribution in [3.63, 3.8) is 0 Å². The molecule has 0 amide bonds. The molecule has 0 aliphatic rings. The molecule has 0 aliphatic carbocycles. The molecule has 2 rings (SSSR count). The molecule has 0 saturated heterocycles. The van der Waals surface area contributed by atoms with Gasteiger partial charge in [0.1, 0.15) is 5.82 Å². The Morgan fingerprint density at radius 2 is 2.17 bits per heavy atom. The number of pyridine rings is 1. The van der Waals surface area contributed by atoms with Crippen LogP contribution in [0.2, 0.25) is 0 Å². The summed E-state index contributed by atoms with van der Waals surface area (Å²) < 4.78 is 14.5. The zero-order chi connectivity index (χ0) is 8.55. The zero-order valence-corrected chi connectivity index (χ0v) is 6.92. The van der Waals surface area contributed by atoms with Crippen molar-refractivity contribution in [1.82, 2.24) is 4.40 Å². The molecule has 0 unspecified atom stereocenters. The van der Waals surface area contributed by atoms with E-state index in [0.717, 1.165) is 11.9 Å². The van der Waals surface area contributed by atoms with Crippen LogP contribution in [-0.2, 0) is 6.42 Å². The fourth-order valence-electron chi connectivity index (χ4n) is 1.34. The number of fused-ring (bicyclic) bond motifs is 1. The highest BCUT2D eigenvalue weighted by Gasteiger charge is 1.97. The van der Waals surface area contributed by atoms with Gasteiger partial charge in [0.15, 0.2) is 0 Å². The van der Waals surface area contributed by atoms with Gasteiger partial charge < -0.3 is 4.40 Å². The van der Waals surface area contributed by atoms with Gasteiger partial charge >= 0.3 is 0 Å². The van der Waals surface area contributed by atoms with Gasteiger partial charge in [-0.1, -0.05) is 6.92 Å². The SMILES string of the molecule is CCc1cc2ccc(F)cn2c1. The lowest BCUT2D eigenvalue weighted by Crippen LogP contribution is -1.82. The lowest BCUT2D eigenvalue weighted by atomic mass is 10.2. The molecule has 2 heterocycles. The van der Waals surface area contributed by atoms with Crippen molar-refractivity contribution in [2.24, 2.45) is 0 Å². The monoisotopic (exact) mass is 163 g/mol. The first-order valence-corrected chi connectivity index (χ1v) is 4.06.